The summed E-state index contributed by atoms with van der Waals surface area (Å²) in [5.74, 6) is -0.209. The van der Waals surface area contributed by atoms with E-state index in [9.17, 15) is 13.6 Å². The maximum Gasteiger partial charge on any atom is 0.387 e. The zero-order valence-electron chi connectivity index (χ0n) is 15.0. The first kappa shape index (κ1) is 20.2. The molecule has 0 unspecified atom stereocenters. The van der Waals surface area contributed by atoms with Gasteiger partial charge in [-0.25, -0.2) is 5.43 Å². The molecule has 0 radical (unpaired) electrons. The number of nitrogens with zero attached hydrogens (tertiary/aromatic N) is 1. The first-order valence-electron chi connectivity index (χ1n) is 8.32. The highest BCUT2D eigenvalue weighted by Gasteiger charge is 2.11. The Bertz CT molecular complexity index is 780. The van der Waals surface area contributed by atoms with Crippen LogP contribution in [0.3, 0.4) is 0 Å². The van der Waals surface area contributed by atoms with E-state index in [1.165, 1.54) is 24.4 Å². The van der Waals surface area contributed by atoms with Crippen LogP contribution in [0.15, 0.2) is 47.6 Å². The highest BCUT2D eigenvalue weighted by atomic mass is 19.3. The van der Waals surface area contributed by atoms with E-state index in [2.05, 4.69) is 20.6 Å². The van der Waals surface area contributed by atoms with Gasteiger partial charge in [-0.15, -0.1) is 0 Å². The highest BCUT2D eigenvalue weighted by molar-refractivity contribution is 5.84. The molecule has 2 N–H and O–H groups in total. The van der Waals surface area contributed by atoms with Crippen molar-refractivity contribution >= 4 is 17.8 Å². The van der Waals surface area contributed by atoms with Gasteiger partial charge in [0, 0.05) is 5.69 Å². The number of amides is 1. The molecule has 1 amide bonds. The van der Waals surface area contributed by atoms with Crippen LogP contribution in [-0.4, -0.2) is 31.9 Å². The van der Waals surface area contributed by atoms with Gasteiger partial charge >= 0.3 is 6.61 Å². The second-order valence-electron chi connectivity index (χ2n) is 5.53. The lowest BCUT2D eigenvalue weighted by atomic mass is 10.2. The first-order valence-corrected chi connectivity index (χ1v) is 8.32. The van der Waals surface area contributed by atoms with Gasteiger partial charge in [0.2, 0.25) is 0 Å². The van der Waals surface area contributed by atoms with Gasteiger partial charge < -0.3 is 14.8 Å². The summed E-state index contributed by atoms with van der Waals surface area (Å²) in [5, 5.41) is 6.83. The van der Waals surface area contributed by atoms with E-state index in [4.69, 9.17) is 4.74 Å². The molecule has 0 spiro atoms. The van der Waals surface area contributed by atoms with Crippen molar-refractivity contribution in [3.8, 4) is 11.5 Å². The molecule has 27 heavy (non-hydrogen) atoms. The van der Waals surface area contributed by atoms with Crippen LogP contribution in [0.1, 0.15) is 18.1 Å². The number of hydrazone groups is 1. The van der Waals surface area contributed by atoms with Crippen LogP contribution in [0.5, 0.6) is 11.5 Å². The van der Waals surface area contributed by atoms with Crippen molar-refractivity contribution in [2.45, 2.75) is 20.5 Å². The van der Waals surface area contributed by atoms with Crippen LogP contribution in [0.2, 0.25) is 0 Å². The molecule has 0 aliphatic heterocycles. The van der Waals surface area contributed by atoms with Crippen molar-refractivity contribution in [2.24, 2.45) is 5.10 Å². The predicted molar refractivity (Wildman–Crippen MR) is 99.6 cm³/mol. The normalized spacial score (nSPS) is 10.9. The zero-order valence-corrected chi connectivity index (χ0v) is 15.0. The Morgan fingerprint density at radius 3 is 2.59 bits per heavy atom. The summed E-state index contributed by atoms with van der Waals surface area (Å²) in [5.41, 5.74) is 4.91. The van der Waals surface area contributed by atoms with Gasteiger partial charge in [0.25, 0.3) is 5.91 Å². The topological polar surface area (TPSA) is 72.0 Å². The van der Waals surface area contributed by atoms with Gasteiger partial charge in [-0.3, -0.25) is 4.79 Å². The van der Waals surface area contributed by atoms with Gasteiger partial charge in [0.1, 0.15) is 0 Å². The largest absolute Gasteiger partial charge is 0.490 e. The minimum Gasteiger partial charge on any atom is -0.490 e. The van der Waals surface area contributed by atoms with Gasteiger partial charge in [0.15, 0.2) is 11.5 Å². The summed E-state index contributed by atoms with van der Waals surface area (Å²) in [7, 11) is 0. The number of anilines is 1. The third-order valence-corrected chi connectivity index (χ3v) is 3.39. The molecule has 0 atom stereocenters. The number of rotatable bonds is 9. The smallest absolute Gasteiger partial charge is 0.387 e. The Morgan fingerprint density at radius 2 is 1.93 bits per heavy atom. The molecule has 0 aliphatic carbocycles. The molecule has 6 nitrogen and oxygen atoms in total. The van der Waals surface area contributed by atoms with Crippen molar-refractivity contribution in [3.05, 3.63) is 53.6 Å². The standard InChI is InChI=1S/C19H21F2N3O3/c1-3-26-17-10-14(6-9-16(17)27-19(20)21)11-23-24-18(25)12-22-15-7-4-13(2)5-8-15/h4-11,19,22H,3,12H2,1-2H3,(H,24,25)/b23-11-. The van der Waals surface area contributed by atoms with Crippen LogP contribution in [0.4, 0.5) is 14.5 Å². The van der Waals surface area contributed by atoms with Crippen LogP contribution < -0.4 is 20.2 Å². The number of hydrogen-bond donors (Lipinski definition) is 2. The van der Waals surface area contributed by atoms with Crippen molar-refractivity contribution in [1.82, 2.24) is 5.43 Å². The van der Waals surface area contributed by atoms with Crippen LogP contribution in [0, 0.1) is 6.92 Å². The molecule has 2 rings (SSSR count). The third-order valence-electron chi connectivity index (χ3n) is 3.39. The van der Waals surface area contributed by atoms with Crippen LogP contribution in [-0.2, 0) is 4.79 Å². The fraction of sp³-hybridized carbons (Fsp3) is 0.263. The number of ether oxygens (including phenoxy) is 2. The summed E-state index contributed by atoms with van der Waals surface area (Å²) < 4.78 is 34.5. The first-order chi connectivity index (χ1) is 13.0. The van der Waals surface area contributed by atoms with Crippen LogP contribution >= 0.6 is 0 Å². The van der Waals surface area contributed by atoms with Crippen LogP contribution in [0.25, 0.3) is 0 Å². The molecular weight excluding hydrogens is 356 g/mol. The van der Waals surface area contributed by atoms with Gasteiger partial charge in [-0.2, -0.15) is 13.9 Å². The Balaban J connectivity index is 1.89. The number of halogens is 2. The molecule has 0 saturated carbocycles. The van der Waals surface area contributed by atoms with E-state index in [0.29, 0.717) is 12.2 Å². The fourth-order valence-electron chi connectivity index (χ4n) is 2.14. The van der Waals surface area contributed by atoms with E-state index in [1.807, 2.05) is 31.2 Å². The predicted octanol–water partition coefficient (Wildman–Crippen LogP) is 3.56. The molecule has 2 aromatic rings. The second-order valence-corrected chi connectivity index (χ2v) is 5.53. The Kier molecular flexibility index (Phi) is 7.54. The molecule has 144 valence electrons. The number of alkyl halides is 2. The molecule has 0 bridgehead atoms. The Hall–Kier alpha value is -3.16. The maximum atomic E-state index is 12.4. The van der Waals surface area contributed by atoms with E-state index < -0.39 is 6.61 Å². The lowest BCUT2D eigenvalue weighted by Crippen LogP contribution is -2.25. The number of carbonyl (C=O) groups excluding carboxylic acids is 1. The molecule has 2 aromatic carbocycles. The summed E-state index contributed by atoms with van der Waals surface area (Å²) in [6.45, 7) is 1.12. The lowest BCUT2D eigenvalue weighted by Gasteiger charge is -2.11. The van der Waals surface area contributed by atoms with E-state index in [-0.39, 0.29) is 24.0 Å². The molecule has 0 heterocycles. The molecular formula is C19H21F2N3O3. The number of aryl methyl sites for hydroxylation is 1. The van der Waals surface area contributed by atoms with Crippen molar-refractivity contribution in [1.29, 1.82) is 0 Å². The van der Waals surface area contributed by atoms with Crippen molar-refractivity contribution in [3.63, 3.8) is 0 Å². The maximum absolute atomic E-state index is 12.4. The number of benzene rings is 2. The zero-order chi connectivity index (χ0) is 19.6. The number of hydrogen-bond acceptors (Lipinski definition) is 5. The third kappa shape index (κ3) is 6.93. The van der Waals surface area contributed by atoms with E-state index >= 15 is 0 Å². The molecule has 8 heteroatoms. The SMILES string of the molecule is CCOc1cc(/C=N\NC(=O)CNc2ccc(C)cc2)ccc1OC(F)F. The fourth-order valence-corrected chi connectivity index (χ4v) is 2.14. The quantitative estimate of drug-likeness (QED) is 0.518. The van der Waals surface area contributed by atoms with Gasteiger partial charge in [0.05, 0.1) is 19.4 Å². The summed E-state index contributed by atoms with van der Waals surface area (Å²) in [6, 6.07) is 12.0. The number of carbonyl (C=O) groups is 1. The minimum absolute atomic E-state index is 0.0599. The second kappa shape index (κ2) is 10.1. The lowest BCUT2D eigenvalue weighted by molar-refractivity contribution is -0.119. The van der Waals surface area contributed by atoms with Crippen molar-refractivity contribution in [2.75, 3.05) is 18.5 Å². The van der Waals surface area contributed by atoms with Crippen molar-refractivity contribution < 1.29 is 23.0 Å². The van der Waals surface area contributed by atoms with Gasteiger partial charge in [-0.05, 0) is 49.7 Å². The summed E-state index contributed by atoms with van der Waals surface area (Å²) in [4.78, 5) is 11.8. The molecule has 0 aromatic heterocycles. The van der Waals surface area contributed by atoms with Gasteiger partial charge in [-0.1, -0.05) is 17.7 Å². The Morgan fingerprint density at radius 1 is 1.19 bits per heavy atom. The summed E-state index contributed by atoms with van der Waals surface area (Å²) >= 11 is 0. The van der Waals surface area contributed by atoms with E-state index in [1.54, 1.807) is 6.92 Å². The van der Waals surface area contributed by atoms with E-state index in [0.717, 1.165) is 11.3 Å². The minimum atomic E-state index is -2.94. The molecule has 0 aliphatic rings. The average molecular weight is 377 g/mol. The summed E-state index contributed by atoms with van der Waals surface area (Å²) in [6.07, 6.45) is 1.39. The number of nitrogens with one attached hydrogen (secondary N) is 2. The molecule has 0 saturated heterocycles. The monoisotopic (exact) mass is 377 g/mol. The molecule has 0 fully saturated rings. The highest BCUT2D eigenvalue weighted by Crippen LogP contribution is 2.29. The average Bonchev–Trinajstić information content (AvgIpc) is 2.63. The Labute approximate surface area is 156 Å².